The van der Waals surface area contributed by atoms with E-state index < -0.39 is 10.0 Å². The summed E-state index contributed by atoms with van der Waals surface area (Å²) in [7, 11) is -3.53. The van der Waals surface area contributed by atoms with Gasteiger partial charge in [-0.1, -0.05) is 40.2 Å². The number of morpholine rings is 1. The van der Waals surface area contributed by atoms with Crippen LogP contribution >= 0.6 is 15.9 Å². The van der Waals surface area contributed by atoms with Gasteiger partial charge in [-0.25, -0.2) is 13.1 Å². The first-order valence-electron chi connectivity index (χ1n) is 8.17. The molecule has 0 amide bonds. The molecule has 134 valence electrons. The zero-order chi connectivity index (χ0) is 17.7. The van der Waals surface area contributed by atoms with E-state index in [2.05, 4.69) is 31.6 Å². The normalized spacial score (nSPS) is 16.0. The Balaban J connectivity index is 1.69. The molecule has 1 aliphatic heterocycles. The molecule has 0 saturated carbocycles. The third-order valence-electron chi connectivity index (χ3n) is 4.19. The molecule has 0 bridgehead atoms. The average Bonchev–Trinajstić information content (AvgIpc) is 2.62. The van der Waals surface area contributed by atoms with E-state index in [0.29, 0.717) is 0 Å². The fourth-order valence-corrected chi connectivity index (χ4v) is 4.03. The fourth-order valence-electron chi connectivity index (χ4n) is 2.75. The van der Waals surface area contributed by atoms with Gasteiger partial charge in [0.1, 0.15) is 0 Å². The zero-order valence-corrected chi connectivity index (χ0v) is 16.2. The van der Waals surface area contributed by atoms with Crippen LogP contribution in [0.5, 0.6) is 0 Å². The van der Waals surface area contributed by atoms with Crippen LogP contribution < -0.4 is 4.72 Å². The minimum Gasteiger partial charge on any atom is -0.379 e. The van der Waals surface area contributed by atoms with Crippen molar-refractivity contribution >= 4 is 26.0 Å². The van der Waals surface area contributed by atoms with Crippen molar-refractivity contribution in [1.82, 2.24) is 9.62 Å². The lowest BCUT2D eigenvalue weighted by molar-refractivity contribution is 0.0341. The van der Waals surface area contributed by atoms with Gasteiger partial charge in [-0.3, -0.25) is 4.90 Å². The molecule has 1 N–H and O–H groups in total. The van der Waals surface area contributed by atoms with Crippen molar-refractivity contribution in [2.45, 2.75) is 18.0 Å². The van der Waals surface area contributed by atoms with Gasteiger partial charge in [0.25, 0.3) is 0 Å². The second kappa shape index (κ2) is 8.42. The van der Waals surface area contributed by atoms with Gasteiger partial charge in [0.2, 0.25) is 10.0 Å². The van der Waals surface area contributed by atoms with Gasteiger partial charge in [0.05, 0.1) is 18.1 Å². The molecule has 0 spiro atoms. The second-order valence-electron chi connectivity index (χ2n) is 5.94. The molecule has 0 atom stereocenters. The third kappa shape index (κ3) is 5.12. The summed E-state index contributed by atoms with van der Waals surface area (Å²) in [5, 5.41) is 0. The quantitative estimate of drug-likeness (QED) is 0.774. The van der Waals surface area contributed by atoms with E-state index in [-0.39, 0.29) is 11.4 Å². The molecule has 0 aromatic heterocycles. The lowest BCUT2D eigenvalue weighted by Gasteiger charge is -2.27. The van der Waals surface area contributed by atoms with E-state index in [9.17, 15) is 8.42 Å². The maximum absolute atomic E-state index is 12.5. The molecule has 7 heteroatoms. The van der Waals surface area contributed by atoms with Crippen molar-refractivity contribution in [3.05, 3.63) is 64.1 Å². The van der Waals surface area contributed by atoms with Crippen molar-refractivity contribution in [2.24, 2.45) is 0 Å². The smallest absolute Gasteiger partial charge is 0.240 e. The summed E-state index contributed by atoms with van der Waals surface area (Å²) in [5.41, 5.74) is 2.14. The molecular formula is C18H21BrN2O3S. The first kappa shape index (κ1) is 18.5. The number of benzene rings is 2. The Morgan fingerprint density at radius 1 is 1.00 bits per heavy atom. The van der Waals surface area contributed by atoms with Crippen LogP contribution in [-0.4, -0.2) is 39.6 Å². The van der Waals surface area contributed by atoms with Gasteiger partial charge in [0, 0.05) is 30.7 Å². The number of hydrogen-bond acceptors (Lipinski definition) is 4. The lowest BCUT2D eigenvalue weighted by atomic mass is 10.1. The standard InChI is InChI=1S/C18H21BrN2O3S/c19-17-5-7-18(8-6-17)25(22,23)20-13-15-3-1-2-4-16(15)14-21-9-11-24-12-10-21/h1-8,20H,9-14H2. The molecule has 0 aliphatic carbocycles. The molecule has 1 saturated heterocycles. The minimum absolute atomic E-state index is 0.265. The van der Waals surface area contributed by atoms with Gasteiger partial charge >= 0.3 is 0 Å². The average molecular weight is 425 g/mol. The highest BCUT2D eigenvalue weighted by Gasteiger charge is 2.16. The Labute approximate surface area is 157 Å². The number of hydrogen-bond donors (Lipinski definition) is 1. The summed E-state index contributed by atoms with van der Waals surface area (Å²) in [6, 6.07) is 14.6. The van der Waals surface area contributed by atoms with Crippen molar-refractivity contribution in [1.29, 1.82) is 0 Å². The summed E-state index contributed by atoms with van der Waals surface area (Å²) in [6.45, 7) is 4.38. The number of rotatable bonds is 6. The molecule has 3 rings (SSSR count). The highest BCUT2D eigenvalue weighted by atomic mass is 79.9. The highest BCUT2D eigenvalue weighted by molar-refractivity contribution is 9.10. The van der Waals surface area contributed by atoms with E-state index >= 15 is 0 Å². The summed E-state index contributed by atoms with van der Waals surface area (Å²) >= 11 is 3.32. The Morgan fingerprint density at radius 2 is 1.64 bits per heavy atom. The van der Waals surface area contributed by atoms with E-state index in [0.717, 1.165) is 48.4 Å². The number of ether oxygens (including phenoxy) is 1. The SMILES string of the molecule is O=S(=O)(NCc1ccccc1CN1CCOCC1)c1ccc(Br)cc1. The van der Waals surface area contributed by atoms with Crippen molar-refractivity contribution < 1.29 is 13.2 Å². The molecule has 0 unspecified atom stereocenters. The van der Waals surface area contributed by atoms with Crippen LogP contribution in [0.15, 0.2) is 57.9 Å². The molecule has 25 heavy (non-hydrogen) atoms. The van der Waals surface area contributed by atoms with Crippen LogP contribution in [0.1, 0.15) is 11.1 Å². The van der Waals surface area contributed by atoms with Crippen molar-refractivity contribution in [3.63, 3.8) is 0 Å². The molecule has 0 radical (unpaired) electrons. The van der Waals surface area contributed by atoms with Crippen LogP contribution in [0.4, 0.5) is 0 Å². The topological polar surface area (TPSA) is 58.6 Å². The first-order valence-corrected chi connectivity index (χ1v) is 10.4. The van der Waals surface area contributed by atoms with Gasteiger partial charge in [-0.2, -0.15) is 0 Å². The van der Waals surface area contributed by atoms with Crippen molar-refractivity contribution in [2.75, 3.05) is 26.3 Å². The Bertz CT molecular complexity index is 803. The summed E-state index contributed by atoms with van der Waals surface area (Å²) in [4.78, 5) is 2.59. The number of sulfonamides is 1. The molecule has 2 aromatic carbocycles. The number of halogens is 1. The number of nitrogens with zero attached hydrogens (tertiary/aromatic N) is 1. The summed E-state index contributed by atoms with van der Waals surface area (Å²) in [5.74, 6) is 0. The molecule has 1 fully saturated rings. The molecule has 2 aromatic rings. The molecular weight excluding hydrogens is 404 g/mol. The van der Waals surface area contributed by atoms with E-state index in [1.54, 1.807) is 24.3 Å². The van der Waals surface area contributed by atoms with E-state index in [1.807, 2.05) is 18.2 Å². The third-order valence-corrected chi connectivity index (χ3v) is 6.14. The summed E-state index contributed by atoms with van der Waals surface area (Å²) in [6.07, 6.45) is 0. The maximum Gasteiger partial charge on any atom is 0.240 e. The van der Waals surface area contributed by atoms with Crippen LogP contribution in [0.3, 0.4) is 0 Å². The Kier molecular flexibility index (Phi) is 6.24. The van der Waals surface area contributed by atoms with E-state index in [1.165, 1.54) is 0 Å². The fraction of sp³-hybridized carbons (Fsp3) is 0.333. The molecule has 1 aliphatic rings. The van der Waals surface area contributed by atoms with Crippen LogP contribution in [-0.2, 0) is 27.8 Å². The predicted octanol–water partition coefficient (Wildman–Crippen LogP) is 2.76. The Morgan fingerprint density at radius 3 is 2.32 bits per heavy atom. The zero-order valence-electron chi connectivity index (χ0n) is 13.8. The maximum atomic E-state index is 12.5. The predicted molar refractivity (Wildman–Crippen MR) is 101 cm³/mol. The van der Waals surface area contributed by atoms with Crippen LogP contribution in [0, 0.1) is 0 Å². The second-order valence-corrected chi connectivity index (χ2v) is 8.62. The molecule has 1 heterocycles. The monoisotopic (exact) mass is 424 g/mol. The minimum atomic E-state index is -3.53. The van der Waals surface area contributed by atoms with Gasteiger partial charge < -0.3 is 4.74 Å². The van der Waals surface area contributed by atoms with Crippen LogP contribution in [0.2, 0.25) is 0 Å². The van der Waals surface area contributed by atoms with Crippen LogP contribution in [0.25, 0.3) is 0 Å². The van der Waals surface area contributed by atoms with Crippen molar-refractivity contribution in [3.8, 4) is 0 Å². The van der Waals surface area contributed by atoms with Gasteiger partial charge in [-0.05, 0) is 35.4 Å². The largest absolute Gasteiger partial charge is 0.379 e. The van der Waals surface area contributed by atoms with E-state index in [4.69, 9.17) is 4.74 Å². The number of nitrogens with one attached hydrogen (secondary N) is 1. The van der Waals surface area contributed by atoms with Gasteiger partial charge in [-0.15, -0.1) is 0 Å². The highest BCUT2D eigenvalue weighted by Crippen LogP contribution is 2.17. The Hall–Kier alpha value is -1.25. The summed E-state index contributed by atoms with van der Waals surface area (Å²) < 4.78 is 33.9. The first-order chi connectivity index (χ1) is 12.0. The molecule has 5 nitrogen and oxygen atoms in total. The lowest BCUT2D eigenvalue weighted by Crippen LogP contribution is -2.36. The van der Waals surface area contributed by atoms with Gasteiger partial charge in [0.15, 0.2) is 0 Å².